The summed E-state index contributed by atoms with van der Waals surface area (Å²) in [5.74, 6) is -3.15. The molecule has 2 rings (SSSR count). The number of ether oxygens (including phenoxy) is 1. The fraction of sp³-hybridized carbons (Fsp3) is 0.778. The SMILES string of the molecule is CCOC(=O)[C@@]1(F)[C@@H]2C[C@@H](O)C(=O)[C@@H]21. The van der Waals surface area contributed by atoms with Gasteiger partial charge in [0.05, 0.1) is 12.5 Å². The van der Waals surface area contributed by atoms with Crippen LogP contribution in [0.25, 0.3) is 0 Å². The zero-order chi connectivity index (χ0) is 10.5. The van der Waals surface area contributed by atoms with E-state index in [0.29, 0.717) is 0 Å². The number of carbonyl (C=O) groups is 2. The van der Waals surface area contributed by atoms with Crippen LogP contribution in [0.2, 0.25) is 0 Å². The second kappa shape index (κ2) is 2.76. The summed E-state index contributed by atoms with van der Waals surface area (Å²) >= 11 is 0. The predicted octanol–water partition coefficient (Wildman–Crippen LogP) is -0.163. The minimum atomic E-state index is -2.15. The number of hydrogen-bond donors (Lipinski definition) is 1. The number of halogens is 1. The lowest BCUT2D eigenvalue weighted by atomic mass is 10.1. The first-order valence-electron chi connectivity index (χ1n) is 4.61. The lowest BCUT2D eigenvalue weighted by Crippen LogP contribution is -2.32. The fourth-order valence-corrected chi connectivity index (χ4v) is 2.22. The average Bonchev–Trinajstić information content (AvgIpc) is 2.58. The van der Waals surface area contributed by atoms with Crippen molar-refractivity contribution in [3.63, 3.8) is 0 Å². The minimum absolute atomic E-state index is 0.0405. The highest BCUT2D eigenvalue weighted by atomic mass is 19.1. The normalized spacial score (nSPS) is 44.8. The number of aliphatic hydroxyl groups is 1. The smallest absolute Gasteiger partial charge is 0.344 e. The highest BCUT2D eigenvalue weighted by Crippen LogP contribution is 2.61. The summed E-state index contributed by atoms with van der Waals surface area (Å²) in [6, 6.07) is 0. The third-order valence-corrected chi connectivity index (χ3v) is 2.99. The number of rotatable bonds is 2. The molecule has 4 nitrogen and oxygen atoms in total. The molecule has 0 aromatic carbocycles. The predicted molar refractivity (Wildman–Crippen MR) is 43.1 cm³/mol. The van der Waals surface area contributed by atoms with Crippen LogP contribution in [-0.2, 0) is 14.3 Å². The third-order valence-electron chi connectivity index (χ3n) is 2.99. The summed E-state index contributed by atoms with van der Waals surface area (Å²) in [5, 5.41) is 9.07. The number of ketones is 1. The molecule has 2 aliphatic carbocycles. The van der Waals surface area contributed by atoms with E-state index >= 15 is 0 Å². The largest absolute Gasteiger partial charge is 0.464 e. The maximum Gasteiger partial charge on any atom is 0.344 e. The summed E-state index contributed by atoms with van der Waals surface area (Å²) in [7, 11) is 0. The quantitative estimate of drug-likeness (QED) is 0.632. The molecule has 0 aromatic rings. The first kappa shape index (κ1) is 9.58. The molecule has 14 heavy (non-hydrogen) atoms. The summed E-state index contributed by atoms with van der Waals surface area (Å²) in [4.78, 5) is 22.3. The standard InChI is InChI=1S/C9H11FO4/c1-2-14-8(13)9(10)4-3-5(11)7(12)6(4)9/h4-6,11H,2-3H2,1H3/t4-,5-,6-,9-/m1/s1. The van der Waals surface area contributed by atoms with Crippen molar-refractivity contribution in [3.05, 3.63) is 0 Å². The zero-order valence-corrected chi connectivity index (χ0v) is 7.70. The van der Waals surface area contributed by atoms with Crippen molar-refractivity contribution in [1.29, 1.82) is 0 Å². The Balaban J connectivity index is 2.10. The Morgan fingerprint density at radius 2 is 2.43 bits per heavy atom. The summed E-state index contributed by atoms with van der Waals surface area (Å²) in [5.41, 5.74) is -2.15. The van der Waals surface area contributed by atoms with Crippen molar-refractivity contribution in [2.24, 2.45) is 11.8 Å². The van der Waals surface area contributed by atoms with Crippen molar-refractivity contribution in [2.75, 3.05) is 6.61 Å². The van der Waals surface area contributed by atoms with Gasteiger partial charge in [0.2, 0.25) is 5.67 Å². The first-order valence-corrected chi connectivity index (χ1v) is 4.61. The van der Waals surface area contributed by atoms with Crippen LogP contribution in [0.15, 0.2) is 0 Å². The lowest BCUT2D eigenvalue weighted by molar-refractivity contribution is -0.154. The highest BCUT2D eigenvalue weighted by molar-refractivity contribution is 6.02. The summed E-state index contributed by atoms with van der Waals surface area (Å²) < 4.78 is 18.3. The second-order valence-corrected chi connectivity index (χ2v) is 3.73. The maximum atomic E-state index is 13.8. The molecule has 5 heteroatoms. The van der Waals surface area contributed by atoms with E-state index < -0.39 is 35.4 Å². The van der Waals surface area contributed by atoms with Crippen LogP contribution in [0.5, 0.6) is 0 Å². The van der Waals surface area contributed by atoms with E-state index in [0.717, 1.165) is 0 Å². The van der Waals surface area contributed by atoms with Gasteiger partial charge in [-0.3, -0.25) is 4.79 Å². The van der Waals surface area contributed by atoms with Crippen molar-refractivity contribution in [1.82, 2.24) is 0 Å². The van der Waals surface area contributed by atoms with Gasteiger partial charge in [0.1, 0.15) is 6.10 Å². The monoisotopic (exact) mass is 202 g/mol. The second-order valence-electron chi connectivity index (χ2n) is 3.73. The third kappa shape index (κ3) is 0.958. The molecule has 0 aliphatic heterocycles. The molecule has 2 fully saturated rings. The molecule has 0 bridgehead atoms. The van der Waals surface area contributed by atoms with Crippen LogP contribution < -0.4 is 0 Å². The van der Waals surface area contributed by atoms with E-state index in [9.17, 15) is 14.0 Å². The van der Waals surface area contributed by atoms with Gasteiger partial charge in [0, 0.05) is 5.92 Å². The Hall–Kier alpha value is -0.970. The molecule has 0 aromatic heterocycles. The fourth-order valence-electron chi connectivity index (χ4n) is 2.22. The Kier molecular flexibility index (Phi) is 1.89. The summed E-state index contributed by atoms with van der Waals surface area (Å²) in [6.07, 6.45) is -1.05. The Bertz CT molecular complexity index is 303. The Morgan fingerprint density at radius 1 is 1.79 bits per heavy atom. The number of aliphatic hydroxyl groups excluding tert-OH is 1. The number of carbonyl (C=O) groups excluding carboxylic acids is 2. The van der Waals surface area contributed by atoms with Crippen LogP contribution in [-0.4, -0.2) is 35.2 Å². The van der Waals surface area contributed by atoms with Crippen molar-refractivity contribution in [3.8, 4) is 0 Å². The van der Waals surface area contributed by atoms with Crippen LogP contribution in [0.3, 0.4) is 0 Å². The minimum Gasteiger partial charge on any atom is -0.464 e. The molecule has 4 atom stereocenters. The molecule has 1 N–H and O–H groups in total. The van der Waals surface area contributed by atoms with Gasteiger partial charge >= 0.3 is 5.97 Å². The molecule has 0 radical (unpaired) electrons. The van der Waals surface area contributed by atoms with Gasteiger partial charge in [-0.1, -0.05) is 0 Å². The summed E-state index contributed by atoms with van der Waals surface area (Å²) in [6.45, 7) is 1.68. The van der Waals surface area contributed by atoms with Gasteiger partial charge in [-0.05, 0) is 13.3 Å². The Morgan fingerprint density at radius 3 is 2.86 bits per heavy atom. The van der Waals surface area contributed by atoms with Crippen LogP contribution in [0.4, 0.5) is 4.39 Å². The van der Waals surface area contributed by atoms with Gasteiger partial charge in [-0.2, -0.15) is 0 Å². The molecular formula is C9H11FO4. The molecule has 0 saturated heterocycles. The molecule has 2 saturated carbocycles. The van der Waals surface area contributed by atoms with Gasteiger partial charge in [0.25, 0.3) is 0 Å². The van der Waals surface area contributed by atoms with E-state index in [1.807, 2.05) is 0 Å². The molecule has 0 unspecified atom stereocenters. The first-order chi connectivity index (χ1) is 6.53. The van der Waals surface area contributed by atoms with E-state index in [1.54, 1.807) is 6.92 Å². The van der Waals surface area contributed by atoms with Crippen LogP contribution in [0, 0.1) is 11.8 Å². The zero-order valence-electron chi connectivity index (χ0n) is 7.70. The van der Waals surface area contributed by atoms with Crippen molar-refractivity contribution < 1.29 is 23.8 Å². The van der Waals surface area contributed by atoms with Gasteiger partial charge < -0.3 is 9.84 Å². The Labute approximate surface area is 80.0 Å². The molecule has 0 amide bonds. The van der Waals surface area contributed by atoms with E-state index in [4.69, 9.17) is 5.11 Å². The number of alkyl halides is 1. The van der Waals surface area contributed by atoms with Crippen LogP contribution in [0.1, 0.15) is 13.3 Å². The molecular weight excluding hydrogens is 191 g/mol. The average molecular weight is 202 g/mol. The number of Topliss-reactive ketones (excluding diaryl/α,β-unsaturated/α-hetero) is 1. The van der Waals surface area contributed by atoms with Gasteiger partial charge in [0.15, 0.2) is 5.78 Å². The van der Waals surface area contributed by atoms with Crippen molar-refractivity contribution in [2.45, 2.75) is 25.1 Å². The van der Waals surface area contributed by atoms with E-state index in [1.165, 1.54) is 0 Å². The highest BCUT2D eigenvalue weighted by Gasteiger charge is 2.79. The number of fused-ring (bicyclic) bond motifs is 1. The number of hydrogen-bond acceptors (Lipinski definition) is 4. The molecule has 0 spiro atoms. The van der Waals surface area contributed by atoms with Gasteiger partial charge in [-0.25, -0.2) is 9.18 Å². The topological polar surface area (TPSA) is 63.6 Å². The van der Waals surface area contributed by atoms with Crippen LogP contribution >= 0.6 is 0 Å². The molecule has 78 valence electrons. The molecule has 0 heterocycles. The number of esters is 1. The maximum absolute atomic E-state index is 13.8. The molecule has 2 aliphatic rings. The lowest BCUT2D eigenvalue weighted by Gasteiger charge is -2.11. The van der Waals surface area contributed by atoms with Gasteiger partial charge in [-0.15, -0.1) is 0 Å². The van der Waals surface area contributed by atoms with E-state index in [-0.39, 0.29) is 13.0 Å². The van der Waals surface area contributed by atoms with E-state index in [2.05, 4.69) is 4.74 Å². The van der Waals surface area contributed by atoms with Crippen molar-refractivity contribution >= 4 is 11.8 Å².